The maximum Gasteiger partial charge on any atom is 0.251 e. The fraction of sp³-hybridized carbons (Fsp3) is 0.400. The van der Waals surface area contributed by atoms with Crippen LogP contribution in [0.3, 0.4) is 0 Å². The van der Waals surface area contributed by atoms with E-state index in [9.17, 15) is 9.59 Å². The summed E-state index contributed by atoms with van der Waals surface area (Å²) in [5.41, 5.74) is 5.59. The number of nitrogens with one attached hydrogen (secondary N) is 4. The maximum atomic E-state index is 11.9. The number of rotatable bonds is 7. The summed E-state index contributed by atoms with van der Waals surface area (Å²) in [6, 6.07) is 6.99. The predicted octanol–water partition coefficient (Wildman–Crippen LogP) is 1.10. The van der Waals surface area contributed by atoms with Crippen molar-refractivity contribution >= 4 is 45.1 Å². The largest absolute Gasteiger partial charge is 0.383 e. The highest BCUT2D eigenvalue weighted by Crippen LogP contribution is 2.10. The molecule has 0 fully saturated rings. The topological polar surface area (TPSA) is 91.5 Å². The van der Waals surface area contributed by atoms with Gasteiger partial charge in [0.1, 0.15) is 0 Å². The fourth-order valence-electron chi connectivity index (χ4n) is 1.73. The lowest BCUT2D eigenvalue weighted by atomic mass is 10.2. The van der Waals surface area contributed by atoms with Crippen molar-refractivity contribution in [3.05, 3.63) is 34.3 Å². The van der Waals surface area contributed by atoms with Crippen LogP contribution >= 0.6 is 28.1 Å². The Balaban J connectivity index is 2.20. The molecule has 4 N–H and O–H groups in total. The third kappa shape index (κ3) is 8.23. The van der Waals surface area contributed by atoms with Crippen molar-refractivity contribution in [1.29, 1.82) is 0 Å². The van der Waals surface area contributed by atoms with Gasteiger partial charge in [-0.05, 0) is 43.4 Å². The number of hydrogen-bond acceptors (Lipinski definition) is 4. The summed E-state index contributed by atoms with van der Waals surface area (Å²) in [5.74, 6) is -0.511. The van der Waals surface area contributed by atoms with Gasteiger partial charge in [-0.15, -0.1) is 0 Å². The SMILES string of the molecule is COC[C@@H](C)NC(=S)NNC(=O)CCNC(=O)c1ccc(Br)cc1. The third-order valence-electron chi connectivity index (χ3n) is 2.85. The van der Waals surface area contributed by atoms with E-state index < -0.39 is 0 Å². The Morgan fingerprint density at radius 3 is 2.54 bits per heavy atom. The molecular formula is C15H21BrN4O3S. The molecule has 0 saturated carbocycles. The van der Waals surface area contributed by atoms with Gasteiger partial charge in [-0.2, -0.15) is 0 Å². The molecule has 2 amide bonds. The summed E-state index contributed by atoms with van der Waals surface area (Å²) in [5, 5.41) is 5.92. The fourth-order valence-corrected chi connectivity index (χ4v) is 2.25. The number of ether oxygens (including phenoxy) is 1. The van der Waals surface area contributed by atoms with Crippen LogP contribution in [-0.2, 0) is 9.53 Å². The standard InChI is InChI=1S/C15H21BrN4O3S/c1-10(9-23-2)18-15(24)20-19-13(21)7-8-17-14(22)11-3-5-12(16)6-4-11/h3-6,10H,7-9H2,1-2H3,(H,17,22)(H,19,21)(H2,18,20,24)/t10-/m1/s1. The van der Waals surface area contributed by atoms with E-state index in [0.29, 0.717) is 17.3 Å². The van der Waals surface area contributed by atoms with E-state index in [2.05, 4.69) is 37.4 Å². The summed E-state index contributed by atoms with van der Waals surface area (Å²) in [6.45, 7) is 2.62. The molecule has 0 aliphatic heterocycles. The Bertz CT molecular complexity index is 568. The molecule has 0 aliphatic carbocycles. The lowest BCUT2D eigenvalue weighted by Gasteiger charge is -2.16. The van der Waals surface area contributed by atoms with Crippen LogP contribution in [0.1, 0.15) is 23.7 Å². The van der Waals surface area contributed by atoms with Crippen molar-refractivity contribution in [2.24, 2.45) is 0 Å². The van der Waals surface area contributed by atoms with Crippen LogP contribution in [0.5, 0.6) is 0 Å². The van der Waals surface area contributed by atoms with Crippen LogP contribution < -0.4 is 21.5 Å². The number of hydrogen-bond donors (Lipinski definition) is 4. The van der Waals surface area contributed by atoms with Crippen LogP contribution in [0.15, 0.2) is 28.7 Å². The van der Waals surface area contributed by atoms with E-state index in [1.165, 1.54) is 0 Å². The average Bonchev–Trinajstić information content (AvgIpc) is 2.53. The average molecular weight is 417 g/mol. The normalized spacial score (nSPS) is 11.3. The molecule has 24 heavy (non-hydrogen) atoms. The van der Waals surface area contributed by atoms with Gasteiger partial charge < -0.3 is 15.4 Å². The summed E-state index contributed by atoms with van der Waals surface area (Å²) in [6.07, 6.45) is 0.130. The van der Waals surface area contributed by atoms with E-state index in [4.69, 9.17) is 17.0 Å². The zero-order chi connectivity index (χ0) is 17.9. The minimum atomic E-state index is -0.283. The van der Waals surface area contributed by atoms with E-state index >= 15 is 0 Å². The third-order valence-corrected chi connectivity index (χ3v) is 3.60. The number of carbonyl (C=O) groups is 2. The minimum Gasteiger partial charge on any atom is -0.383 e. The van der Waals surface area contributed by atoms with Crippen molar-refractivity contribution in [3.8, 4) is 0 Å². The number of thiocarbonyl (C=S) groups is 1. The van der Waals surface area contributed by atoms with Crippen molar-refractivity contribution in [3.63, 3.8) is 0 Å². The second-order valence-corrected chi connectivity index (χ2v) is 6.34. The van der Waals surface area contributed by atoms with Crippen LogP contribution in [-0.4, -0.2) is 43.2 Å². The van der Waals surface area contributed by atoms with Crippen LogP contribution in [0.2, 0.25) is 0 Å². The molecule has 7 nitrogen and oxygen atoms in total. The zero-order valence-electron chi connectivity index (χ0n) is 13.5. The molecule has 1 aromatic carbocycles. The van der Waals surface area contributed by atoms with Gasteiger partial charge >= 0.3 is 0 Å². The lowest BCUT2D eigenvalue weighted by Crippen LogP contribution is -2.50. The molecule has 9 heteroatoms. The monoisotopic (exact) mass is 416 g/mol. The molecule has 0 heterocycles. The van der Waals surface area contributed by atoms with Crippen LogP contribution in [0, 0.1) is 0 Å². The second kappa shape index (κ2) is 11.0. The summed E-state index contributed by atoms with van der Waals surface area (Å²) < 4.78 is 5.87. The molecule has 0 saturated heterocycles. The first-order valence-corrected chi connectivity index (χ1v) is 8.50. The quantitative estimate of drug-likeness (QED) is 0.393. The van der Waals surface area contributed by atoms with Gasteiger partial charge in [0, 0.05) is 36.2 Å². The summed E-state index contributed by atoms with van der Waals surface area (Å²) in [7, 11) is 1.60. The highest BCUT2D eigenvalue weighted by molar-refractivity contribution is 9.10. The first-order valence-electron chi connectivity index (χ1n) is 7.30. The van der Waals surface area contributed by atoms with Gasteiger partial charge in [0.05, 0.1) is 6.61 Å². The van der Waals surface area contributed by atoms with Crippen molar-refractivity contribution in [2.45, 2.75) is 19.4 Å². The van der Waals surface area contributed by atoms with Gasteiger partial charge in [0.2, 0.25) is 5.91 Å². The van der Waals surface area contributed by atoms with Gasteiger partial charge in [0.25, 0.3) is 5.91 Å². The molecule has 132 valence electrons. The summed E-state index contributed by atoms with van der Waals surface area (Å²) in [4.78, 5) is 23.5. The first-order chi connectivity index (χ1) is 11.4. The van der Waals surface area contributed by atoms with Gasteiger partial charge in [-0.1, -0.05) is 15.9 Å². The number of methoxy groups -OCH3 is 1. The Kier molecular flexibility index (Phi) is 9.28. The number of carbonyl (C=O) groups excluding carboxylic acids is 2. The van der Waals surface area contributed by atoms with Crippen LogP contribution in [0.4, 0.5) is 0 Å². The van der Waals surface area contributed by atoms with Crippen LogP contribution in [0.25, 0.3) is 0 Å². The van der Waals surface area contributed by atoms with E-state index in [0.717, 1.165) is 4.47 Å². The Hall–Kier alpha value is -1.71. The van der Waals surface area contributed by atoms with E-state index in [1.807, 2.05) is 6.92 Å². The Labute approximate surface area is 155 Å². The van der Waals surface area contributed by atoms with Crippen molar-refractivity contribution in [2.75, 3.05) is 20.3 Å². The molecule has 1 atom stereocenters. The molecule has 0 aliphatic rings. The van der Waals surface area contributed by atoms with E-state index in [1.54, 1.807) is 31.4 Å². The Morgan fingerprint density at radius 2 is 1.92 bits per heavy atom. The summed E-state index contributed by atoms with van der Waals surface area (Å²) >= 11 is 8.33. The van der Waals surface area contributed by atoms with Crippen molar-refractivity contribution < 1.29 is 14.3 Å². The number of hydrazine groups is 1. The van der Waals surface area contributed by atoms with Gasteiger partial charge in [0.15, 0.2) is 5.11 Å². The molecule has 1 rings (SSSR count). The zero-order valence-corrected chi connectivity index (χ0v) is 15.9. The number of halogens is 1. The van der Waals surface area contributed by atoms with Gasteiger partial charge in [-0.3, -0.25) is 20.4 Å². The van der Waals surface area contributed by atoms with Crippen molar-refractivity contribution in [1.82, 2.24) is 21.5 Å². The minimum absolute atomic E-state index is 0.0251. The molecule has 0 aromatic heterocycles. The van der Waals surface area contributed by atoms with Gasteiger partial charge in [-0.25, -0.2) is 0 Å². The first kappa shape index (κ1) is 20.3. The van der Waals surface area contributed by atoms with E-state index in [-0.39, 0.29) is 30.8 Å². The lowest BCUT2D eigenvalue weighted by molar-refractivity contribution is -0.121. The predicted molar refractivity (Wildman–Crippen MR) is 99.4 cm³/mol. The highest BCUT2D eigenvalue weighted by atomic mass is 79.9. The Morgan fingerprint density at radius 1 is 1.25 bits per heavy atom. The number of benzene rings is 1. The molecule has 0 radical (unpaired) electrons. The molecular weight excluding hydrogens is 396 g/mol. The number of amides is 2. The second-order valence-electron chi connectivity index (χ2n) is 5.02. The maximum absolute atomic E-state index is 11.9. The highest BCUT2D eigenvalue weighted by Gasteiger charge is 2.07. The molecule has 1 aromatic rings. The molecule has 0 unspecified atom stereocenters. The molecule has 0 bridgehead atoms. The molecule has 0 spiro atoms. The smallest absolute Gasteiger partial charge is 0.251 e.